The summed E-state index contributed by atoms with van der Waals surface area (Å²) < 4.78 is 38.6. The van der Waals surface area contributed by atoms with Gasteiger partial charge in [0.1, 0.15) is 5.75 Å². The molecule has 2 aromatic rings. The van der Waals surface area contributed by atoms with Crippen molar-refractivity contribution in [2.45, 2.75) is 26.4 Å². The maximum absolute atomic E-state index is 11.6. The molecule has 0 atom stereocenters. The summed E-state index contributed by atoms with van der Waals surface area (Å²) in [7, 11) is -2.03. The highest BCUT2D eigenvalue weighted by Gasteiger charge is 2.14. The Morgan fingerprint density at radius 3 is 2.77 bits per heavy atom. The molecule has 0 saturated carbocycles. The topological polar surface area (TPSA) is 106 Å². The van der Waals surface area contributed by atoms with Gasteiger partial charge in [-0.3, -0.25) is 0 Å². The third-order valence-corrected chi connectivity index (χ3v) is 3.89. The fraction of sp³-hybridized carbons (Fsp3) is 0.385. The molecule has 120 valence electrons. The lowest BCUT2D eigenvalue weighted by Crippen LogP contribution is -2.39. The quantitative estimate of drug-likeness (QED) is 0.788. The molecule has 0 saturated heterocycles. The van der Waals surface area contributed by atoms with Gasteiger partial charge >= 0.3 is 0 Å². The van der Waals surface area contributed by atoms with Gasteiger partial charge in [-0.1, -0.05) is 6.07 Å². The lowest BCUT2D eigenvalue weighted by atomic mass is 10.2. The number of nitrogens with zero attached hydrogens (tertiary/aromatic N) is 2. The van der Waals surface area contributed by atoms with Gasteiger partial charge in [0.05, 0.1) is 13.7 Å². The van der Waals surface area contributed by atoms with Crippen molar-refractivity contribution in [3.63, 3.8) is 0 Å². The van der Waals surface area contributed by atoms with Crippen LogP contribution in [0.2, 0.25) is 0 Å². The van der Waals surface area contributed by atoms with Crippen LogP contribution in [0.3, 0.4) is 0 Å². The average Bonchev–Trinajstić information content (AvgIpc) is 2.93. The summed E-state index contributed by atoms with van der Waals surface area (Å²) in [6.07, 6.45) is 0. The molecule has 0 radical (unpaired) electrons. The number of aromatic nitrogens is 2. The molecular formula is C13H18N4O4S. The van der Waals surface area contributed by atoms with Gasteiger partial charge in [0.25, 0.3) is 10.2 Å². The van der Waals surface area contributed by atoms with Gasteiger partial charge in [0.2, 0.25) is 11.8 Å². The molecule has 0 unspecified atom stereocenters. The molecular weight excluding hydrogens is 308 g/mol. The lowest BCUT2D eigenvalue weighted by molar-refractivity contribution is 0.414. The van der Waals surface area contributed by atoms with E-state index in [2.05, 4.69) is 19.6 Å². The molecule has 0 aliphatic rings. The Hall–Kier alpha value is -1.97. The molecule has 2 rings (SSSR count). The summed E-state index contributed by atoms with van der Waals surface area (Å²) in [5.74, 6) is 1.14. The van der Waals surface area contributed by atoms with Crippen molar-refractivity contribution in [3.05, 3.63) is 30.2 Å². The van der Waals surface area contributed by atoms with Crippen LogP contribution in [0.25, 0.3) is 11.5 Å². The Kier molecular flexibility index (Phi) is 5.11. The largest absolute Gasteiger partial charge is 0.497 e. The first-order valence-electron chi connectivity index (χ1n) is 6.63. The van der Waals surface area contributed by atoms with E-state index in [-0.39, 0.29) is 18.5 Å². The van der Waals surface area contributed by atoms with Crippen LogP contribution in [0.5, 0.6) is 5.75 Å². The van der Waals surface area contributed by atoms with Gasteiger partial charge in [-0.25, -0.2) is 0 Å². The molecule has 9 heteroatoms. The number of benzene rings is 1. The molecule has 0 fully saturated rings. The second-order valence-electron chi connectivity index (χ2n) is 4.83. The lowest BCUT2D eigenvalue weighted by Gasteiger charge is -2.08. The summed E-state index contributed by atoms with van der Waals surface area (Å²) in [5.41, 5.74) is 0.696. The molecule has 2 N–H and O–H groups in total. The summed E-state index contributed by atoms with van der Waals surface area (Å²) >= 11 is 0. The molecule has 1 heterocycles. The van der Waals surface area contributed by atoms with E-state index in [9.17, 15) is 8.42 Å². The summed E-state index contributed by atoms with van der Waals surface area (Å²) in [6, 6.07) is 6.94. The van der Waals surface area contributed by atoms with Gasteiger partial charge in [0, 0.05) is 11.6 Å². The minimum absolute atomic E-state index is 0.0843. The molecule has 0 spiro atoms. The number of rotatable bonds is 7. The Labute approximate surface area is 129 Å². The first-order chi connectivity index (χ1) is 10.4. The molecule has 0 bridgehead atoms. The van der Waals surface area contributed by atoms with E-state index in [0.29, 0.717) is 17.2 Å². The van der Waals surface area contributed by atoms with Gasteiger partial charge in [-0.05, 0) is 32.0 Å². The van der Waals surface area contributed by atoms with Crippen LogP contribution in [0.1, 0.15) is 19.7 Å². The van der Waals surface area contributed by atoms with Crippen LogP contribution in [0.4, 0.5) is 0 Å². The predicted molar refractivity (Wildman–Crippen MR) is 80.3 cm³/mol. The van der Waals surface area contributed by atoms with Crippen LogP contribution >= 0.6 is 0 Å². The SMILES string of the molecule is COc1cccc(-c2nnc(CNS(=O)(=O)NC(C)C)o2)c1. The minimum atomic E-state index is -3.59. The highest BCUT2D eigenvalue weighted by atomic mass is 32.2. The normalized spacial score (nSPS) is 11.8. The molecule has 0 amide bonds. The summed E-state index contributed by atoms with van der Waals surface area (Å²) in [5, 5.41) is 7.71. The van der Waals surface area contributed by atoms with Crippen molar-refractivity contribution < 1.29 is 17.6 Å². The number of hydrogen-bond acceptors (Lipinski definition) is 6. The fourth-order valence-corrected chi connectivity index (χ4v) is 2.72. The standard InChI is InChI=1S/C13H18N4O4S/c1-9(2)17-22(18,19)14-8-12-15-16-13(21-12)10-5-4-6-11(7-10)20-3/h4-7,9,14,17H,8H2,1-3H3. The molecule has 0 aliphatic heterocycles. The Morgan fingerprint density at radius 2 is 2.09 bits per heavy atom. The highest BCUT2D eigenvalue weighted by molar-refractivity contribution is 7.87. The second-order valence-corrected chi connectivity index (χ2v) is 6.36. The fourth-order valence-electron chi connectivity index (χ4n) is 1.71. The van der Waals surface area contributed by atoms with Gasteiger partial charge < -0.3 is 9.15 Å². The molecule has 0 aliphatic carbocycles. The van der Waals surface area contributed by atoms with Crippen molar-refractivity contribution >= 4 is 10.2 Å². The maximum Gasteiger partial charge on any atom is 0.277 e. The van der Waals surface area contributed by atoms with E-state index in [1.165, 1.54) is 0 Å². The first kappa shape index (κ1) is 16.4. The number of nitrogens with one attached hydrogen (secondary N) is 2. The number of methoxy groups -OCH3 is 1. The Balaban J connectivity index is 2.05. The smallest absolute Gasteiger partial charge is 0.277 e. The zero-order valence-electron chi connectivity index (χ0n) is 12.5. The summed E-state index contributed by atoms with van der Waals surface area (Å²) in [4.78, 5) is 0. The van der Waals surface area contributed by atoms with Crippen LogP contribution < -0.4 is 14.2 Å². The van der Waals surface area contributed by atoms with Crippen molar-refractivity contribution in [3.8, 4) is 17.2 Å². The monoisotopic (exact) mass is 326 g/mol. The molecule has 1 aromatic heterocycles. The number of ether oxygens (including phenoxy) is 1. The van der Waals surface area contributed by atoms with E-state index in [1.807, 2.05) is 0 Å². The zero-order valence-corrected chi connectivity index (χ0v) is 13.3. The minimum Gasteiger partial charge on any atom is -0.497 e. The van der Waals surface area contributed by atoms with Gasteiger partial charge in [-0.2, -0.15) is 17.9 Å². The summed E-state index contributed by atoms with van der Waals surface area (Å²) in [6.45, 7) is 3.37. The molecule has 8 nitrogen and oxygen atoms in total. The number of hydrogen-bond donors (Lipinski definition) is 2. The average molecular weight is 326 g/mol. The Morgan fingerprint density at radius 1 is 1.32 bits per heavy atom. The Bertz CT molecular complexity index is 727. The molecule has 1 aromatic carbocycles. The van der Waals surface area contributed by atoms with Crippen molar-refractivity contribution in [1.29, 1.82) is 0 Å². The van der Waals surface area contributed by atoms with Gasteiger partial charge in [0.15, 0.2) is 0 Å². The van der Waals surface area contributed by atoms with E-state index in [0.717, 1.165) is 0 Å². The predicted octanol–water partition coefficient (Wildman–Crippen LogP) is 1.08. The van der Waals surface area contributed by atoms with E-state index in [4.69, 9.17) is 9.15 Å². The third kappa shape index (κ3) is 4.52. The van der Waals surface area contributed by atoms with Crippen molar-refractivity contribution in [1.82, 2.24) is 19.6 Å². The van der Waals surface area contributed by atoms with E-state index >= 15 is 0 Å². The van der Waals surface area contributed by atoms with Crippen molar-refractivity contribution in [2.75, 3.05) is 7.11 Å². The molecule has 22 heavy (non-hydrogen) atoms. The first-order valence-corrected chi connectivity index (χ1v) is 8.11. The van der Waals surface area contributed by atoms with Crippen LogP contribution in [-0.2, 0) is 16.8 Å². The maximum atomic E-state index is 11.6. The van der Waals surface area contributed by atoms with Crippen LogP contribution in [-0.4, -0.2) is 31.8 Å². The third-order valence-electron chi connectivity index (χ3n) is 2.59. The van der Waals surface area contributed by atoms with Crippen LogP contribution in [0.15, 0.2) is 28.7 Å². The second kappa shape index (κ2) is 6.86. The highest BCUT2D eigenvalue weighted by Crippen LogP contribution is 2.22. The van der Waals surface area contributed by atoms with Crippen LogP contribution in [0, 0.1) is 0 Å². The zero-order chi connectivity index (χ0) is 16.2. The van der Waals surface area contributed by atoms with Gasteiger partial charge in [-0.15, -0.1) is 10.2 Å². The van der Waals surface area contributed by atoms with E-state index < -0.39 is 10.2 Å². The van der Waals surface area contributed by atoms with Crippen molar-refractivity contribution in [2.24, 2.45) is 0 Å². The van der Waals surface area contributed by atoms with E-state index in [1.54, 1.807) is 45.2 Å².